The van der Waals surface area contributed by atoms with Crippen molar-refractivity contribution < 1.29 is 4.21 Å². The molecule has 1 aliphatic heterocycles. The van der Waals surface area contributed by atoms with Crippen LogP contribution in [0.1, 0.15) is 18.1 Å². The topological polar surface area (TPSA) is 82.5 Å². The molecule has 2 atom stereocenters. The Morgan fingerprint density at radius 2 is 2.32 bits per heavy atom. The van der Waals surface area contributed by atoms with Gasteiger partial charge in [-0.2, -0.15) is 5.26 Å². The van der Waals surface area contributed by atoms with E-state index in [9.17, 15) is 4.21 Å². The van der Waals surface area contributed by atoms with Gasteiger partial charge in [0.05, 0.1) is 32.6 Å². The molecular formula is C13H16N4OS. The van der Waals surface area contributed by atoms with Gasteiger partial charge in [0.15, 0.2) is 0 Å². The summed E-state index contributed by atoms with van der Waals surface area (Å²) in [6.45, 7) is 1.86. The lowest BCUT2D eigenvalue weighted by molar-refractivity contribution is 0.514. The molecular weight excluding hydrogens is 260 g/mol. The van der Waals surface area contributed by atoms with Crippen molar-refractivity contribution >= 4 is 21.5 Å². The summed E-state index contributed by atoms with van der Waals surface area (Å²) in [5.74, 6) is 4.23. The average molecular weight is 276 g/mol. The Bertz CT molecular complexity index is 687. The molecule has 1 aromatic carbocycles. The van der Waals surface area contributed by atoms with Crippen molar-refractivity contribution in [2.24, 2.45) is 10.7 Å². The zero-order valence-corrected chi connectivity index (χ0v) is 11.8. The predicted molar refractivity (Wildman–Crippen MR) is 78.0 cm³/mol. The van der Waals surface area contributed by atoms with E-state index in [0.717, 1.165) is 5.56 Å². The van der Waals surface area contributed by atoms with Crippen LogP contribution in [-0.4, -0.2) is 33.1 Å². The number of hydrogen-bond donors (Lipinski definition) is 1. The average Bonchev–Trinajstić information content (AvgIpc) is 2.35. The van der Waals surface area contributed by atoms with Crippen LogP contribution in [0, 0.1) is 11.3 Å². The number of nitrogens with zero attached hydrogens (tertiary/aromatic N) is 3. The van der Waals surface area contributed by atoms with E-state index in [-0.39, 0.29) is 11.7 Å². The summed E-state index contributed by atoms with van der Waals surface area (Å²) in [7, 11) is -0.867. The summed E-state index contributed by atoms with van der Waals surface area (Å²) in [5.41, 5.74) is 6.47. The largest absolute Gasteiger partial charge is 0.369 e. The minimum Gasteiger partial charge on any atom is -0.369 e. The monoisotopic (exact) mass is 276 g/mol. The maximum absolute atomic E-state index is 12.5. The van der Waals surface area contributed by atoms with Crippen molar-refractivity contribution in [2.75, 3.05) is 12.8 Å². The maximum atomic E-state index is 12.5. The standard InChI is InChI=1S/C13H16N4OS/c1-13(11-6-4-5-10(7-11)8-14)9-19(3,18)17(2)12(15)16-13/h4-7H,3,9H2,1-2H3,(H2,15,16)/t13-,19?/m0/s1. The Balaban J connectivity index is 2.58. The van der Waals surface area contributed by atoms with E-state index in [1.807, 2.05) is 13.0 Å². The third-order valence-electron chi connectivity index (χ3n) is 3.30. The third-order valence-corrected chi connectivity index (χ3v) is 5.50. The highest BCUT2D eigenvalue weighted by atomic mass is 32.2. The molecule has 0 radical (unpaired) electrons. The van der Waals surface area contributed by atoms with Gasteiger partial charge in [0.25, 0.3) is 0 Å². The molecule has 0 amide bonds. The molecule has 1 aromatic rings. The van der Waals surface area contributed by atoms with E-state index in [2.05, 4.69) is 16.9 Å². The van der Waals surface area contributed by atoms with Crippen LogP contribution in [0.3, 0.4) is 0 Å². The summed E-state index contributed by atoms with van der Waals surface area (Å²) in [6, 6.07) is 9.20. The predicted octanol–water partition coefficient (Wildman–Crippen LogP) is 0.665. The van der Waals surface area contributed by atoms with Crippen LogP contribution in [0.2, 0.25) is 0 Å². The van der Waals surface area contributed by atoms with Crippen LogP contribution in [-0.2, 0) is 15.2 Å². The number of nitriles is 1. The Morgan fingerprint density at radius 1 is 1.63 bits per heavy atom. The van der Waals surface area contributed by atoms with E-state index < -0.39 is 15.2 Å². The summed E-state index contributed by atoms with van der Waals surface area (Å²) in [6.07, 6.45) is 0. The zero-order chi connectivity index (χ0) is 14.3. The molecule has 0 fully saturated rings. The SMILES string of the molecule is C=S1(=O)C[C@@](C)(c2cccc(C#N)c2)N=C(N)N1C. The van der Waals surface area contributed by atoms with Crippen molar-refractivity contribution in [1.82, 2.24) is 4.31 Å². The molecule has 2 N–H and O–H groups in total. The molecule has 0 spiro atoms. The second-order valence-electron chi connectivity index (χ2n) is 4.85. The van der Waals surface area contributed by atoms with Crippen LogP contribution in [0.25, 0.3) is 0 Å². The lowest BCUT2D eigenvalue weighted by atomic mass is 9.93. The molecule has 1 aliphatic rings. The minimum atomic E-state index is -2.49. The van der Waals surface area contributed by atoms with Gasteiger partial charge in [0, 0.05) is 7.05 Å². The van der Waals surface area contributed by atoms with Crippen LogP contribution in [0.4, 0.5) is 0 Å². The Labute approximate surface area is 113 Å². The number of hydrogen-bond acceptors (Lipinski definition) is 4. The van der Waals surface area contributed by atoms with E-state index in [1.165, 1.54) is 4.31 Å². The number of nitrogens with two attached hydrogens (primary N) is 1. The summed E-state index contributed by atoms with van der Waals surface area (Å²) in [5, 5.41) is 8.95. The first-order chi connectivity index (χ1) is 8.78. The van der Waals surface area contributed by atoms with Crippen molar-refractivity contribution in [3.8, 4) is 6.07 Å². The van der Waals surface area contributed by atoms with Crippen molar-refractivity contribution in [1.29, 1.82) is 5.26 Å². The van der Waals surface area contributed by atoms with Gasteiger partial charge < -0.3 is 5.73 Å². The van der Waals surface area contributed by atoms with Crippen LogP contribution < -0.4 is 5.73 Å². The van der Waals surface area contributed by atoms with E-state index in [1.54, 1.807) is 25.2 Å². The molecule has 0 saturated carbocycles. The lowest BCUT2D eigenvalue weighted by Crippen LogP contribution is -2.50. The highest BCUT2D eigenvalue weighted by Gasteiger charge is 2.36. The maximum Gasteiger partial charge on any atom is 0.203 e. The molecule has 19 heavy (non-hydrogen) atoms. The fraction of sp³-hybridized carbons (Fsp3) is 0.308. The summed E-state index contributed by atoms with van der Waals surface area (Å²) >= 11 is 0. The molecule has 0 bridgehead atoms. The van der Waals surface area contributed by atoms with Gasteiger partial charge in [-0.25, -0.2) is 9.20 Å². The number of benzene rings is 1. The van der Waals surface area contributed by atoms with Crippen LogP contribution in [0.15, 0.2) is 29.3 Å². The molecule has 5 nitrogen and oxygen atoms in total. The van der Waals surface area contributed by atoms with Gasteiger partial charge in [-0.05, 0) is 30.5 Å². The summed E-state index contributed by atoms with van der Waals surface area (Å²) < 4.78 is 13.9. The second kappa shape index (κ2) is 4.28. The molecule has 100 valence electrons. The van der Waals surface area contributed by atoms with Gasteiger partial charge in [-0.15, -0.1) is 0 Å². The second-order valence-corrected chi connectivity index (χ2v) is 7.23. The fourth-order valence-corrected chi connectivity index (χ4v) is 3.82. The molecule has 0 saturated heterocycles. The van der Waals surface area contributed by atoms with Crippen molar-refractivity contribution in [2.45, 2.75) is 12.5 Å². The normalized spacial score (nSPS) is 30.6. The molecule has 0 aromatic heterocycles. The highest BCUT2D eigenvalue weighted by Crippen LogP contribution is 2.31. The molecule has 2 rings (SSSR count). The van der Waals surface area contributed by atoms with E-state index in [0.29, 0.717) is 5.56 Å². The smallest absolute Gasteiger partial charge is 0.203 e. The molecule has 1 unspecified atom stereocenters. The Kier molecular flexibility index (Phi) is 3.03. The first-order valence-corrected chi connectivity index (χ1v) is 7.59. The molecule has 0 aliphatic carbocycles. The van der Waals surface area contributed by atoms with E-state index >= 15 is 0 Å². The van der Waals surface area contributed by atoms with Gasteiger partial charge in [-0.1, -0.05) is 12.1 Å². The number of aliphatic imine (C=N–C) groups is 1. The van der Waals surface area contributed by atoms with Gasteiger partial charge >= 0.3 is 0 Å². The molecule has 1 heterocycles. The lowest BCUT2D eigenvalue weighted by Gasteiger charge is -2.37. The van der Waals surface area contributed by atoms with Crippen LogP contribution >= 0.6 is 0 Å². The first kappa shape index (κ1) is 13.4. The van der Waals surface area contributed by atoms with Crippen LogP contribution in [0.5, 0.6) is 0 Å². The fourth-order valence-electron chi connectivity index (χ4n) is 2.13. The van der Waals surface area contributed by atoms with Gasteiger partial charge in [0.2, 0.25) is 5.96 Å². The third kappa shape index (κ3) is 2.29. The number of guanidine groups is 1. The number of rotatable bonds is 1. The van der Waals surface area contributed by atoms with Gasteiger partial charge in [0.1, 0.15) is 0 Å². The molecule has 6 heteroatoms. The van der Waals surface area contributed by atoms with Gasteiger partial charge in [-0.3, -0.25) is 4.31 Å². The minimum absolute atomic E-state index is 0.205. The highest BCUT2D eigenvalue weighted by molar-refractivity contribution is 7.98. The quantitative estimate of drug-likeness (QED) is 0.765. The van der Waals surface area contributed by atoms with Crippen molar-refractivity contribution in [3.05, 3.63) is 35.4 Å². The first-order valence-electron chi connectivity index (χ1n) is 5.73. The zero-order valence-electron chi connectivity index (χ0n) is 11.0. The van der Waals surface area contributed by atoms with E-state index in [4.69, 9.17) is 11.0 Å². The Morgan fingerprint density at radius 3 is 2.89 bits per heavy atom. The summed E-state index contributed by atoms with van der Waals surface area (Å²) in [4.78, 5) is 4.43. The van der Waals surface area contributed by atoms with Crippen molar-refractivity contribution in [3.63, 3.8) is 0 Å². The Hall–Kier alpha value is -2.00.